The van der Waals surface area contributed by atoms with E-state index in [0.29, 0.717) is 0 Å². The van der Waals surface area contributed by atoms with Gasteiger partial charge in [-0.2, -0.15) is 0 Å². The van der Waals surface area contributed by atoms with E-state index in [1.807, 2.05) is 0 Å². The van der Waals surface area contributed by atoms with Gasteiger partial charge in [0, 0.05) is 35.1 Å². The number of carbonyl (C=O) groups excluding carboxylic acids is 5. The number of hydrogen-bond acceptors (Lipinski definition) is 9. The molecule has 9 heteroatoms. The summed E-state index contributed by atoms with van der Waals surface area (Å²) in [6, 6.07) is 8.92. The van der Waals surface area contributed by atoms with E-state index in [4.69, 9.17) is 18.9 Å². The van der Waals surface area contributed by atoms with E-state index in [9.17, 15) is 24.0 Å². The molecule has 0 N–H and O–H groups in total. The lowest BCUT2D eigenvalue weighted by atomic mass is 9.91. The quantitative estimate of drug-likeness (QED) is 0.494. The Bertz CT molecular complexity index is 1070. The highest BCUT2D eigenvalue weighted by molar-refractivity contribution is 6.19. The maximum Gasteiger partial charge on any atom is 0.342 e. The van der Waals surface area contributed by atoms with Crippen LogP contribution in [0.2, 0.25) is 0 Å². The van der Waals surface area contributed by atoms with Gasteiger partial charge in [-0.3, -0.25) is 14.4 Å². The lowest BCUT2D eigenvalue weighted by molar-refractivity contribution is -0.168. The van der Waals surface area contributed by atoms with Crippen LogP contribution >= 0.6 is 0 Å². The second kappa shape index (κ2) is 8.26. The first kappa shape index (κ1) is 21.2. The van der Waals surface area contributed by atoms with Crippen molar-refractivity contribution < 1.29 is 42.9 Å². The van der Waals surface area contributed by atoms with Crippen LogP contribution in [-0.4, -0.2) is 29.7 Å². The number of rotatable bonds is 6. The van der Waals surface area contributed by atoms with Gasteiger partial charge in [0.15, 0.2) is 5.78 Å². The molecule has 2 heterocycles. The van der Waals surface area contributed by atoms with Gasteiger partial charge in [0.05, 0.1) is 11.1 Å². The van der Waals surface area contributed by atoms with Crippen molar-refractivity contribution in [3.63, 3.8) is 0 Å². The molecule has 9 nitrogen and oxygen atoms in total. The second-order valence-corrected chi connectivity index (χ2v) is 7.03. The Labute approximate surface area is 182 Å². The Kier molecular flexibility index (Phi) is 5.48. The SMILES string of the molecule is CCC(=O)OC1OC(=O)c2c(C(=O)c3cccc4c3C(=O)OC4OC(=O)CC)cccc21. The molecule has 2 unspecified atom stereocenters. The van der Waals surface area contributed by atoms with Crippen LogP contribution in [-0.2, 0) is 28.5 Å². The first-order valence-electron chi connectivity index (χ1n) is 9.97. The van der Waals surface area contributed by atoms with Gasteiger partial charge in [-0.05, 0) is 0 Å². The first-order valence-corrected chi connectivity index (χ1v) is 9.97. The van der Waals surface area contributed by atoms with Gasteiger partial charge in [0.25, 0.3) is 12.6 Å². The van der Waals surface area contributed by atoms with Crippen LogP contribution in [0.25, 0.3) is 0 Å². The highest BCUT2D eigenvalue weighted by Crippen LogP contribution is 2.38. The van der Waals surface area contributed by atoms with Crippen molar-refractivity contribution in [1.29, 1.82) is 0 Å². The molecular formula is C23H18O9. The van der Waals surface area contributed by atoms with Gasteiger partial charge < -0.3 is 18.9 Å². The number of esters is 4. The Morgan fingerprint density at radius 3 is 1.53 bits per heavy atom. The van der Waals surface area contributed by atoms with E-state index in [1.54, 1.807) is 13.8 Å². The van der Waals surface area contributed by atoms with Crippen molar-refractivity contribution in [2.75, 3.05) is 0 Å². The van der Waals surface area contributed by atoms with Gasteiger partial charge in [-0.15, -0.1) is 0 Å². The minimum Gasteiger partial charge on any atom is -0.421 e. The summed E-state index contributed by atoms with van der Waals surface area (Å²) in [5.41, 5.74) is 0.379. The van der Waals surface area contributed by atoms with E-state index in [1.165, 1.54) is 36.4 Å². The van der Waals surface area contributed by atoms with Gasteiger partial charge in [-0.1, -0.05) is 50.2 Å². The number of hydrogen-bond donors (Lipinski definition) is 0. The molecule has 4 rings (SSSR count). The topological polar surface area (TPSA) is 122 Å². The van der Waals surface area contributed by atoms with E-state index in [0.717, 1.165) is 0 Å². The fourth-order valence-corrected chi connectivity index (χ4v) is 3.53. The highest BCUT2D eigenvalue weighted by atomic mass is 16.7. The van der Waals surface area contributed by atoms with Crippen LogP contribution in [0.1, 0.15) is 87.0 Å². The van der Waals surface area contributed by atoms with E-state index >= 15 is 0 Å². The summed E-state index contributed by atoms with van der Waals surface area (Å²) in [5.74, 6) is -3.39. The molecule has 0 bridgehead atoms. The molecule has 2 aliphatic heterocycles. The summed E-state index contributed by atoms with van der Waals surface area (Å²) in [4.78, 5) is 61.7. The average Bonchev–Trinajstić information content (AvgIpc) is 3.29. The third kappa shape index (κ3) is 3.51. The van der Waals surface area contributed by atoms with Crippen LogP contribution in [0.15, 0.2) is 36.4 Å². The maximum atomic E-state index is 13.4. The molecule has 0 spiro atoms. The number of cyclic esters (lactones) is 2. The van der Waals surface area contributed by atoms with Gasteiger partial charge in [-0.25, -0.2) is 9.59 Å². The van der Waals surface area contributed by atoms with E-state index in [2.05, 4.69) is 0 Å². The highest BCUT2D eigenvalue weighted by Gasteiger charge is 2.40. The van der Waals surface area contributed by atoms with Crippen LogP contribution < -0.4 is 0 Å². The molecule has 0 saturated carbocycles. The standard InChI is InChI=1S/C23H18O9/c1-3-15(24)29-22-13-9-5-7-11(17(13)20(27)31-22)19(26)12-8-6-10-14-18(12)21(28)32-23(14)30-16(25)4-2/h5-10,22-23H,3-4H2,1-2H3. The summed E-state index contributed by atoms with van der Waals surface area (Å²) in [6.07, 6.45) is -2.32. The fraction of sp³-hybridized carbons (Fsp3) is 0.261. The van der Waals surface area contributed by atoms with Crippen LogP contribution in [0, 0.1) is 0 Å². The number of fused-ring (bicyclic) bond motifs is 2. The lowest BCUT2D eigenvalue weighted by Crippen LogP contribution is -2.12. The molecule has 2 aromatic carbocycles. The van der Waals surface area contributed by atoms with Crippen LogP contribution in [0.3, 0.4) is 0 Å². The minimum absolute atomic E-state index is 0.0160. The third-order valence-electron chi connectivity index (χ3n) is 5.08. The largest absolute Gasteiger partial charge is 0.421 e. The van der Waals surface area contributed by atoms with Crippen LogP contribution in [0.4, 0.5) is 0 Å². The molecule has 0 fully saturated rings. The molecule has 164 valence electrons. The molecule has 2 atom stereocenters. The Hall–Kier alpha value is -4.01. The second-order valence-electron chi connectivity index (χ2n) is 7.03. The number of ketones is 1. The van der Waals surface area contributed by atoms with Crippen molar-refractivity contribution in [2.24, 2.45) is 0 Å². The van der Waals surface area contributed by atoms with Crippen molar-refractivity contribution in [1.82, 2.24) is 0 Å². The van der Waals surface area contributed by atoms with Gasteiger partial charge in [0.1, 0.15) is 0 Å². The maximum absolute atomic E-state index is 13.4. The zero-order chi connectivity index (χ0) is 23.0. The normalized spacial score (nSPS) is 18.3. The molecule has 32 heavy (non-hydrogen) atoms. The third-order valence-corrected chi connectivity index (χ3v) is 5.08. The predicted molar refractivity (Wildman–Crippen MR) is 105 cm³/mol. The summed E-state index contributed by atoms with van der Waals surface area (Å²) in [5, 5.41) is 0. The average molecular weight is 438 g/mol. The van der Waals surface area contributed by atoms with Crippen molar-refractivity contribution in [3.8, 4) is 0 Å². The van der Waals surface area contributed by atoms with Crippen LogP contribution in [0.5, 0.6) is 0 Å². The smallest absolute Gasteiger partial charge is 0.342 e. The molecule has 0 amide bonds. The molecule has 0 saturated heterocycles. The Morgan fingerprint density at radius 2 is 1.16 bits per heavy atom. The molecule has 0 aliphatic carbocycles. The van der Waals surface area contributed by atoms with Gasteiger partial charge >= 0.3 is 23.9 Å². The monoisotopic (exact) mass is 438 g/mol. The van der Waals surface area contributed by atoms with Crippen molar-refractivity contribution >= 4 is 29.7 Å². The number of ether oxygens (including phenoxy) is 4. The lowest BCUT2D eigenvalue weighted by Gasteiger charge is -2.12. The van der Waals surface area contributed by atoms with E-state index in [-0.39, 0.29) is 46.2 Å². The Morgan fingerprint density at radius 1 is 0.750 bits per heavy atom. The minimum atomic E-state index is -1.25. The zero-order valence-corrected chi connectivity index (χ0v) is 17.2. The number of carbonyl (C=O) groups is 5. The van der Waals surface area contributed by atoms with E-state index < -0.39 is 42.2 Å². The molecule has 2 aromatic rings. The molecule has 0 radical (unpaired) electrons. The Balaban J connectivity index is 1.74. The van der Waals surface area contributed by atoms with Crippen molar-refractivity contribution in [3.05, 3.63) is 69.8 Å². The van der Waals surface area contributed by atoms with Crippen molar-refractivity contribution in [2.45, 2.75) is 39.3 Å². The molecule has 2 aliphatic rings. The summed E-state index contributed by atoms with van der Waals surface area (Å²) in [6.45, 7) is 3.19. The summed E-state index contributed by atoms with van der Waals surface area (Å²) < 4.78 is 20.5. The zero-order valence-electron chi connectivity index (χ0n) is 17.2. The first-order chi connectivity index (χ1) is 15.3. The summed E-state index contributed by atoms with van der Waals surface area (Å²) in [7, 11) is 0. The summed E-state index contributed by atoms with van der Waals surface area (Å²) >= 11 is 0. The fourth-order valence-electron chi connectivity index (χ4n) is 3.53. The molecule has 0 aromatic heterocycles. The molecular weight excluding hydrogens is 420 g/mol. The predicted octanol–water partition coefficient (Wildman–Crippen LogP) is 3.16. The van der Waals surface area contributed by atoms with Gasteiger partial charge in [0.2, 0.25) is 0 Å². The number of benzene rings is 2.